The third-order valence-corrected chi connectivity index (χ3v) is 7.52. The van der Waals surface area contributed by atoms with E-state index in [4.69, 9.17) is 4.74 Å². The van der Waals surface area contributed by atoms with Crippen LogP contribution < -0.4 is 0 Å². The smallest absolute Gasteiger partial charge is 0.243 e. The molecule has 178 valence electrons. The molecule has 0 saturated carbocycles. The molecular weight excluding hydrogens is 436 g/mol. The Kier molecular flexibility index (Phi) is 8.40. The van der Waals surface area contributed by atoms with E-state index in [2.05, 4.69) is 35.0 Å². The van der Waals surface area contributed by atoms with Crippen LogP contribution in [-0.2, 0) is 21.3 Å². The Morgan fingerprint density at radius 3 is 2.58 bits per heavy atom. The van der Waals surface area contributed by atoms with Crippen LogP contribution in [0.3, 0.4) is 0 Å². The van der Waals surface area contributed by atoms with Crippen LogP contribution in [0.5, 0.6) is 0 Å². The van der Waals surface area contributed by atoms with Crippen LogP contribution in [0.25, 0.3) is 11.0 Å². The summed E-state index contributed by atoms with van der Waals surface area (Å²) in [6.45, 7) is 13.6. The van der Waals surface area contributed by atoms with Crippen molar-refractivity contribution in [2.24, 2.45) is 5.92 Å². The number of aromatic nitrogens is 3. The van der Waals surface area contributed by atoms with Gasteiger partial charge in [-0.15, -0.1) is 6.58 Å². The van der Waals surface area contributed by atoms with E-state index in [1.54, 1.807) is 30.6 Å². The van der Waals surface area contributed by atoms with Gasteiger partial charge in [0.25, 0.3) is 0 Å². The van der Waals surface area contributed by atoms with Gasteiger partial charge in [0.2, 0.25) is 10.0 Å². The second-order valence-corrected chi connectivity index (χ2v) is 10.5. The third-order valence-electron chi connectivity index (χ3n) is 5.59. The number of hydrogen-bond donors (Lipinski definition) is 0. The summed E-state index contributed by atoms with van der Waals surface area (Å²) in [4.78, 5) is 8.96. The number of nitrogens with zero attached hydrogens (tertiary/aromatic N) is 4. The molecular formula is C25H34N4O3S. The highest BCUT2D eigenvalue weighted by molar-refractivity contribution is 7.89. The van der Waals surface area contributed by atoms with Gasteiger partial charge in [0.1, 0.15) is 11.3 Å². The summed E-state index contributed by atoms with van der Waals surface area (Å²) in [5.41, 5.74) is 2.85. The first-order valence-electron chi connectivity index (χ1n) is 11.3. The van der Waals surface area contributed by atoms with E-state index in [1.165, 1.54) is 4.31 Å². The fraction of sp³-hybridized carbons (Fsp3) is 0.440. The van der Waals surface area contributed by atoms with Crippen LogP contribution in [-0.4, -0.2) is 53.1 Å². The van der Waals surface area contributed by atoms with Gasteiger partial charge in [-0.05, 0) is 49.9 Å². The van der Waals surface area contributed by atoms with E-state index >= 15 is 0 Å². The molecule has 0 aliphatic carbocycles. The highest BCUT2D eigenvalue weighted by Crippen LogP contribution is 2.24. The lowest BCUT2D eigenvalue weighted by Crippen LogP contribution is -2.43. The van der Waals surface area contributed by atoms with E-state index in [9.17, 15) is 8.42 Å². The molecule has 0 saturated heterocycles. The summed E-state index contributed by atoms with van der Waals surface area (Å²) >= 11 is 0. The fourth-order valence-corrected chi connectivity index (χ4v) is 5.62. The molecule has 33 heavy (non-hydrogen) atoms. The van der Waals surface area contributed by atoms with Crippen molar-refractivity contribution in [3.05, 3.63) is 66.8 Å². The highest BCUT2D eigenvalue weighted by atomic mass is 32.2. The molecule has 0 N–H and O–H groups in total. The maximum atomic E-state index is 13.6. The predicted molar refractivity (Wildman–Crippen MR) is 132 cm³/mol. The van der Waals surface area contributed by atoms with E-state index in [-0.39, 0.29) is 17.5 Å². The first-order chi connectivity index (χ1) is 15.8. The largest absolute Gasteiger partial charge is 0.380 e. The predicted octanol–water partition coefficient (Wildman–Crippen LogP) is 4.42. The Hall–Kier alpha value is -2.55. The van der Waals surface area contributed by atoms with E-state index < -0.39 is 10.0 Å². The Bertz CT molecular complexity index is 1170. The fourth-order valence-electron chi connectivity index (χ4n) is 4.02. The number of hydrogen-bond acceptors (Lipinski definition) is 5. The van der Waals surface area contributed by atoms with Gasteiger partial charge in [-0.1, -0.05) is 32.1 Å². The van der Waals surface area contributed by atoms with Gasteiger partial charge >= 0.3 is 0 Å². The average molecular weight is 471 g/mol. The number of rotatable bonds is 12. The third kappa shape index (κ3) is 5.88. The number of sulfonamides is 1. The van der Waals surface area contributed by atoms with Gasteiger partial charge < -0.3 is 9.30 Å². The van der Waals surface area contributed by atoms with Crippen LogP contribution in [0, 0.1) is 12.8 Å². The van der Waals surface area contributed by atoms with Crippen molar-refractivity contribution in [3.8, 4) is 0 Å². The highest BCUT2D eigenvalue weighted by Gasteiger charge is 2.31. The number of aryl methyl sites for hydroxylation is 1. The number of ether oxygens (including phenoxy) is 1. The summed E-state index contributed by atoms with van der Waals surface area (Å²) in [6, 6.07) is 8.79. The molecule has 0 aliphatic heterocycles. The van der Waals surface area contributed by atoms with Crippen molar-refractivity contribution in [2.45, 2.75) is 51.6 Å². The Morgan fingerprint density at radius 2 is 1.94 bits per heavy atom. The topological polar surface area (TPSA) is 77.3 Å². The van der Waals surface area contributed by atoms with Crippen molar-refractivity contribution < 1.29 is 13.2 Å². The quantitative estimate of drug-likeness (QED) is 0.366. The van der Waals surface area contributed by atoms with Gasteiger partial charge in [0.05, 0.1) is 23.2 Å². The number of imidazole rings is 1. The molecule has 8 heteroatoms. The zero-order valence-electron chi connectivity index (χ0n) is 19.9. The molecule has 3 aromatic rings. The maximum absolute atomic E-state index is 13.6. The van der Waals surface area contributed by atoms with Gasteiger partial charge in [-0.25, -0.2) is 13.4 Å². The first kappa shape index (κ1) is 25.1. The van der Waals surface area contributed by atoms with Crippen molar-refractivity contribution in [2.75, 3.05) is 19.8 Å². The lowest BCUT2D eigenvalue weighted by atomic mass is 10.0. The molecule has 7 nitrogen and oxygen atoms in total. The average Bonchev–Trinajstić information content (AvgIpc) is 3.10. The van der Waals surface area contributed by atoms with Crippen LogP contribution >= 0.6 is 0 Å². The second kappa shape index (κ2) is 11.0. The normalized spacial score (nSPS) is 13.2. The minimum Gasteiger partial charge on any atom is -0.380 e. The molecule has 0 radical (unpaired) electrons. The maximum Gasteiger partial charge on any atom is 0.243 e. The Labute approximate surface area is 197 Å². The monoisotopic (exact) mass is 470 g/mol. The molecule has 0 aliphatic rings. The molecule has 0 unspecified atom stereocenters. The molecule has 2 heterocycles. The standard InChI is InChI=1S/C25H34N4O3S/c1-6-14-29(22(15-19(3)4)18-32-7-2)33(30,31)23-10-8-21(9-11-23)17-28-20(5)27-24-16-26-13-12-25(24)28/h6,8-13,16,19,22H,1,7,14-15,17-18H2,2-5H3/t22-/m0/s1. The molecule has 3 rings (SSSR count). The molecule has 0 amide bonds. The zero-order chi connectivity index (χ0) is 24.0. The summed E-state index contributed by atoms with van der Waals surface area (Å²) in [6.07, 6.45) is 5.85. The second-order valence-electron chi connectivity index (χ2n) is 8.56. The van der Waals surface area contributed by atoms with Gasteiger partial charge in [-0.2, -0.15) is 4.31 Å². The van der Waals surface area contributed by atoms with Crippen molar-refractivity contribution >= 4 is 21.1 Å². The zero-order valence-corrected chi connectivity index (χ0v) is 20.8. The van der Waals surface area contributed by atoms with Crippen molar-refractivity contribution in [1.82, 2.24) is 18.8 Å². The van der Waals surface area contributed by atoms with Gasteiger partial charge in [0, 0.05) is 31.9 Å². The first-order valence-corrected chi connectivity index (χ1v) is 12.8. The van der Waals surface area contributed by atoms with E-state index in [0.717, 1.165) is 22.4 Å². The van der Waals surface area contributed by atoms with E-state index in [1.807, 2.05) is 32.0 Å². The van der Waals surface area contributed by atoms with E-state index in [0.29, 0.717) is 32.1 Å². The lowest BCUT2D eigenvalue weighted by molar-refractivity contribution is 0.0917. The molecule has 0 bridgehead atoms. The number of benzene rings is 1. The van der Waals surface area contributed by atoms with Crippen molar-refractivity contribution in [3.63, 3.8) is 0 Å². The van der Waals surface area contributed by atoms with Crippen LogP contribution in [0.2, 0.25) is 0 Å². The van der Waals surface area contributed by atoms with Gasteiger partial charge in [-0.3, -0.25) is 4.98 Å². The summed E-state index contributed by atoms with van der Waals surface area (Å²) in [5.74, 6) is 1.23. The minimum absolute atomic E-state index is 0.239. The SMILES string of the molecule is C=CCN([C@H](COCC)CC(C)C)S(=O)(=O)c1ccc(Cn2c(C)nc3cnccc32)cc1. The molecule has 2 aromatic heterocycles. The van der Waals surface area contributed by atoms with Crippen LogP contribution in [0.15, 0.2) is 60.3 Å². The molecule has 1 atom stereocenters. The minimum atomic E-state index is -3.71. The van der Waals surface area contributed by atoms with Crippen molar-refractivity contribution in [1.29, 1.82) is 0 Å². The molecule has 0 spiro atoms. The van der Waals surface area contributed by atoms with Gasteiger partial charge in [0.15, 0.2) is 0 Å². The summed E-state index contributed by atoms with van der Waals surface area (Å²) in [5, 5.41) is 0. The number of pyridine rings is 1. The molecule has 0 fully saturated rings. The lowest BCUT2D eigenvalue weighted by Gasteiger charge is -2.31. The summed E-state index contributed by atoms with van der Waals surface area (Å²) in [7, 11) is -3.71. The Morgan fingerprint density at radius 1 is 1.21 bits per heavy atom. The van der Waals surface area contributed by atoms with Crippen LogP contribution in [0.1, 0.15) is 38.6 Å². The molecule has 1 aromatic carbocycles. The van der Waals surface area contributed by atoms with Crippen LogP contribution in [0.4, 0.5) is 0 Å². The summed E-state index contributed by atoms with van der Waals surface area (Å²) < 4.78 is 36.4. The Balaban J connectivity index is 1.87. The number of fused-ring (bicyclic) bond motifs is 1.